The molecule has 2 atom stereocenters. The SMILES string of the molecule is COC(=O)c1ccc([C@@H]2CN(C(=O)OC(C)(C)C)CCN2)cc1.COC(=O)c1ccc([C@H]2CN(C(=O)OC(C)(C)C)CCN2)cc1. The van der Waals surface area contributed by atoms with Crippen molar-refractivity contribution in [2.75, 3.05) is 53.5 Å². The van der Waals surface area contributed by atoms with Gasteiger partial charge < -0.3 is 39.4 Å². The van der Waals surface area contributed by atoms with E-state index < -0.39 is 11.2 Å². The number of ether oxygens (including phenoxy) is 4. The molecule has 2 N–H and O–H groups in total. The molecule has 2 aliphatic rings. The fraction of sp³-hybridized carbons (Fsp3) is 0.529. The van der Waals surface area contributed by atoms with Crippen LogP contribution >= 0.6 is 0 Å². The minimum Gasteiger partial charge on any atom is -0.465 e. The summed E-state index contributed by atoms with van der Waals surface area (Å²) in [5.41, 5.74) is 2.06. The van der Waals surface area contributed by atoms with Crippen LogP contribution < -0.4 is 10.6 Å². The zero-order chi connectivity index (χ0) is 34.1. The molecule has 0 saturated carbocycles. The average Bonchev–Trinajstić information content (AvgIpc) is 3.03. The van der Waals surface area contributed by atoms with Crippen molar-refractivity contribution in [2.45, 2.75) is 64.8 Å². The van der Waals surface area contributed by atoms with Gasteiger partial charge in [-0.1, -0.05) is 24.3 Å². The molecule has 0 unspecified atom stereocenters. The van der Waals surface area contributed by atoms with E-state index in [0.29, 0.717) is 50.4 Å². The van der Waals surface area contributed by atoms with E-state index in [-0.39, 0.29) is 36.2 Å². The second kappa shape index (κ2) is 15.9. The van der Waals surface area contributed by atoms with E-state index in [1.807, 2.05) is 65.8 Å². The van der Waals surface area contributed by atoms with Gasteiger partial charge in [-0.05, 0) is 76.9 Å². The fourth-order valence-electron chi connectivity index (χ4n) is 4.87. The predicted molar refractivity (Wildman–Crippen MR) is 173 cm³/mol. The van der Waals surface area contributed by atoms with E-state index in [1.54, 1.807) is 34.1 Å². The minimum absolute atomic E-state index is 0.0166. The van der Waals surface area contributed by atoms with Crippen molar-refractivity contribution in [3.63, 3.8) is 0 Å². The largest absolute Gasteiger partial charge is 0.465 e. The molecule has 2 fully saturated rings. The van der Waals surface area contributed by atoms with Crippen LogP contribution in [0, 0.1) is 0 Å². The molecule has 0 aromatic heterocycles. The van der Waals surface area contributed by atoms with Crippen LogP contribution in [0.25, 0.3) is 0 Å². The summed E-state index contributed by atoms with van der Waals surface area (Å²) in [4.78, 5) is 50.7. The van der Waals surface area contributed by atoms with Gasteiger partial charge in [0.05, 0.1) is 37.4 Å². The highest BCUT2D eigenvalue weighted by molar-refractivity contribution is 5.89. The van der Waals surface area contributed by atoms with Crippen molar-refractivity contribution in [1.29, 1.82) is 0 Å². The van der Waals surface area contributed by atoms with Gasteiger partial charge in [-0.15, -0.1) is 0 Å². The van der Waals surface area contributed by atoms with Crippen LogP contribution in [0.1, 0.15) is 85.5 Å². The van der Waals surface area contributed by atoms with Crippen LogP contribution in [0.15, 0.2) is 48.5 Å². The molecule has 0 bridgehead atoms. The van der Waals surface area contributed by atoms with Crippen molar-refractivity contribution < 1.29 is 38.1 Å². The molecule has 2 amide bonds. The van der Waals surface area contributed by atoms with Crippen molar-refractivity contribution in [2.24, 2.45) is 0 Å². The number of amides is 2. The topological polar surface area (TPSA) is 136 Å². The lowest BCUT2D eigenvalue weighted by Gasteiger charge is -2.35. The van der Waals surface area contributed by atoms with Crippen LogP contribution in [-0.4, -0.2) is 98.6 Å². The maximum absolute atomic E-state index is 12.2. The molecule has 0 radical (unpaired) electrons. The predicted octanol–water partition coefficient (Wildman–Crippen LogP) is 4.71. The van der Waals surface area contributed by atoms with Crippen LogP contribution in [0.5, 0.6) is 0 Å². The van der Waals surface area contributed by atoms with Gasteiger partial charge >= 0.3 is 24.1 Å². The third-order valence-corrected chi connectivity index (χ3v) is 7.12. The Morgan fingerprint density at radius 1 is 0.609 bits per heavy atom. The smallest absolute Gasteiger partial charge is 0.410 e. The van der Waals surface area contributed by atoms with Gasteiger partial charge in [-0.2, -0.15) is 0 Å². The minimum atomic E-state index is -0.500. The quantitative estimate of drug-likeness (QED) is 0.357. The summed E-state index contributed by atoms with van der Waals surface area (Å²) < 4.78 is 20.2. The van der Waals surface area contributed by atoms with E-state index >= 15 is 0 Å². The summed E-state index contributed by atoms with van der Waals surface area (Å²) in [7, 11) is 2.72. The van der Waals surface area contributed by atoms with E-state index in [2.05, 4.69) is 10.6 Å². The number of benzene rings is 2. The second-order valence-electron chi connectivity index (χ2n) is 13.1. The first-order chi connectivity index (χ1) is 21.6. The first-order valence-corrected chi connectivity index (χ1v) is 15.4. The number of hydrogen-bond donors (Lipinski definition) is 2. The maximum atomic E-state index is 12.2. The van der Waals surface area contributed by atoms with Gasteiger partial charge in [0.1, 0.15) is 11.2 Å². The molecule has 2 aliphatic heterocycles. The van der Waals surface area contributed by atoms with E-state index in [0.717, 1.165) is 11.1 Å². The first kappa shape index (κ1) is 36.3. The first-order valence-electron chi connectivity index (χ1n) is 15.4. The molecule has 12 nitrogen and oxygen atoms in total. The summed E-state index contributed by atoms with van der Waals surface area (Å²) in [6.07, 6.45) is -0.592. The number of carbonyl (C=O) groups excluding carboxylic acids is 4. The Bertz CT molecular complexity index is 1230. The molecule has 2 aromatic rings. The lowest BCUT2D eigenvalue weighted by atomic mass is 10.0. The molecule has 0 aliphatic carbocycles. The third-order valence-electron chi connectivity index (χ3n) is 7.12. The number of methoxy groups -OCH3 is 2. The monoisotopic (exact) mass is 640 g/mol. The fourth-order valence-corrected chi connectivity index (χ4v) is 4.87. The van der Waals surface area contributed by atoms with Gasteiger partial charge in [0, 0.05) is 39.3 Å². The van der Waals surface area contributed by atoms with Gasteiger partial charge in [0.15, 0.2) is 0 Å². The summed E-state index contributed by atoms with van der Waals surface area (Å²) in [5.74, 6) is -0.716. The Balaban J connectivity index is 0.000000250. The number of piperazine rings is 2. The molecule has 2 heterocycles. The van der Waals surface area contributed by atoms with Gasteiger partial charge in [-0.25, -0.2) is 19.2 Å². The Morgan fingerprint density at radius 2 is 0.935 bits per heavy atom. The molecule has 2 aromatic carbocycles. The maximum Gasteiger partial charge on any atom is 0.410 e. The number of hydrogen-bond acceptors (Lipinski definition) is 10. The molecule has 4 rings (SSSR count). The van der Waals surface area contributed by atoms with E-state index in [1.165, 1.54) is 14.2 Å². The highest BCUT2D eigenvalue weighted by Gasteiger charge is 2.29. The molecular formula is C34H48N4O8. The number of carbonyl (C=O) groups is 4. The van der Waals surface area contributed by atoms with Gasteiger partial charge in [-0.3, -0.25) is 0 Å². The third kappa shape index (κ3) is 11.0. The van der Waals surface area contributed by atoms with Crippen molar-refractivity contribution in [1.82, 2.24) is 20.4 Å². The average molecular weight is 641 g/mol. The Hall–Kier alpha value is -4.16. The molecule has 252 valence electrons. The van der Waals surface area contributed by atoms with Crippen molar-refractivity contribution >= 4 is 24.1 Å². The van der Waals surface area contributed by atoms with Crippen molar-refractivity contribution in [3.05, 3.63) is 70.8 Å². The highest BCUT2D eigenvalue weighted by Crippen LogP contribution is 2.22. The molecule has 46 heavy (non-hydrogen) atoms. The summed E-state index contributed by atoms with van der Waals surface area (Å²) >= 11 is 0. The number of nitrogens with zero attached hydrogens (tertiary/aromatic N) is 2. The molecule has 2 saturated heterocycles. The number of nitrogens with one attached hydrogen (secondary N) is 2. The molecule has 0 spiro atoms. The van der Waals surface area contributed by atoms with E-state index in [9.17, 15) is 19.2 Å². The summed E-state index contributed by atoms with van der Waals surface area (Å²) in [6, 6.07) is 14.5. The second-order valence-corrected chi connectivity index (χ2v) is 13.1. The lowest BCUT2D eigenvalue weighted by molar-refractivity contribution is 0.0185. The Morgan fingerprint density at radius 3 is 1.22 bits per heavy atom. The molecule has 12 heteroatoms. The highest BCUT2D eigenvalue weighted by atomic mass is 16.6. The number of esters is 2. The number of rotatable bonds is 4. The zero-order valence-electron chi connectivity index (χ0n) is 28.2. The lowest BCUT2D eigenvalue weighted by Crippen LogP contribution is -2.49. The zero-order valence-corrected chi connectivity index (χ0v) is 28.2. The molecular weight excluding hydrogens is 592 g/mol. The Labute approximate surface area is 271 Å². The van der Waals surface area contributed by atoms with Crippen LogP contribution in [-0.2, 0) is 18.9 Å². The van der Waals surface area contributed by atoms with Crippen LogP contribution in [0.3, 0.4) is 0 Å². The van der Waals surface area contributed by atoms with E-state index in [4.69, 9.17) is 18.9 Å². The van der Waals surface area contributed by atoms with Crippen molar-refractivity contribution in [3.8, 4) is 0 Å². The normalized spacial score (nSPS) is 18.4. The Kier molecular flexibility index (Phi) is 12.6. The standard InChI is InChI=1S/2C17H24N2O4/c2*1-17(2,3)23-16(21)19-10-9-18-14(11-19)12-5-7-13(8-6-12)15(20)22-4/h2*5-8,14,18H,9-11H2,1-4H3/t2*14-/m10/s1. The summed E-state index contributed by atoms with van der Waals surface area (Å²) in [6.45, 7) is 14.8. The summed E-state index contributed by atoms with van der Waals surface area (Å²) in [5, 5.41) is 6.76. The van der Waals surface area contributed by atoms with Crippen LogP contribution in [0.4, 0.5) is 9.59 Å². The van der Waals surface area contributed by atoms with Gasteiger partial charge in [0.25, 0.3) is 0 Å². The van der Waals surface area contributed by atoms with Crippen LogP contribution in [0.2, 0.25) is 0 Å². The van der Waals surface area contributed by atoms with Gasteiger partial charge in [0.2, 0.25) is 0 Å².